The number of piperidine rings is 1. The second-order valence-electron chi connectivity index (χ2n) is 9.55. The Hall–Kier alpha value is -3.55. The molecule has 0 spiro atoms. The molecule has 3 atom stereocenters. The summed E-state index contributed by atoms with van der Waals surface area (Å²) >= 11 is 0. The number of amides is 2. The molecule has 0 radical (unpaired) electrons. The summed E-state index contributed by atoms with van der Waals surface area (Å²) in [5.74, 6) is 1.64. The highest BCUT2D eigenvalue weighted by molar-refractivity contribution is 6.14. The van der Waals surface area contributed by atoms with Gasteiger partial charge in [-0.3, -0.25) is 4.79 Å². The van der Waals surface area contributed by atoms with E-state index in [0.717, 1.165) is 35.2 Å². The molecule has 8 nitrogen and oxygen atoms in total. The zero-order valence-corrected chi connectivity index (χ0v) is 20.7. The lowest BCUT2D eigenvalue weighted by molar-refractivity contribution is -0.120. The largest absolute Gasteiger partial charge is 0.493 e. The molecule has 2 fully saturated rings. The maximum absolute atomic E-state index is 12.7. The summed E-state index contributed by atoms with van der Waals surface area (Å²) in [6.07, 6.45) is 4.04. The number of benzene rings is 2. The number of fused-ring (bicyclic) bond motifs is 3. The quantitative estimate of drug-likeness (QED) is 0.727. The standard InChI is InChI=1S/C27H32N4O4/c1-16-11-18-12-24(34-3)25(35-4)15-23(18)26(29-31(16)27(33)28-2)17-5-7-19(8-6-17)30-20-9-10-21(30)14-22(32)13-20/h5-8,12,15-16,20-21H,9-11,13-14H2,1-4H3,(H,28,33)/t16-,20?,21?/m1/s1. The second-order valence-corrected chi connectivity index (χ2v) is 9.55. The molecule has 3 aliphatic rings. The zero-order valence-electron chi connectivity index (χ0n) is 20.7. The SMILES string of the molecule is CNC(=O)N1N=C(c2ccc(N3C4CCC3CC(=O)C4)cc2)c2cc(OC)c(OC)cc2C[C@H]1C. The van der Waals surface area contributed by atoms with Gasteiger partial charge in [0.2, 0.25) is 0 Å². The first-order valence-electron chi connectivity index (χ1n) is 12.2. The third kappa shape index (κ3) is 4.11. The van der Waals surface area contributed by atoms with Crippen LogP contribution in [-0.2, 0) is 11.2 Å². The van der Waals surface area contributed by atoms with Crippen LogP contribution >= 0.6 is 0 Å². The molecule has 0 aliphatic carbocycles. The highest BCUT2D eigenvalue weighted by atomic mass is 16.5. The van der Waals surface area contributed by atoms with Gasteiger partial charge in [-0.15, -0.1) is 0 Å². The van der Waals surface area contributed by atoms with Crippen LogP contribution in [0.15, 0.2) is 41.5 Å². The average molecular weight is 477 g/mol. The van der Waals surface area contributed by atoms with Gasteiger partial charge in [-0.2, -0.15) is 5.10 Å². The molecule has 184 valence electrons. The lowest BCUT2D eigenvalue weighted by Crippen LogP contribution is -2.43. The molecule has 2 aromatic carbocycles. The third-order valence-corrected chi connectivity index (χ3v) is 7.41. The van der Waals surface area contributed by atoms with Gasteiger partial charge in [0.25, 0.3) is 0 Å². The molecular weight excluding hydrogens is 444 g/mol. The Morgan fingerprint density at radius 3 is 2.23 bits per heavy atom. The van der Waals surface area contributed by atoms with Crippen LogP contribution in [0, 0.1) is 0 Å². The van der Waals surface area contributed by atoms with Crippen LogP contribution in [-0.4, -0.2) is 61.9 Å². The van der Waals surface area contributed by atoms with E-state index in [2.05, 4.69) is 34.5 Å². The van der Waals surface area contributed by atoms with Crippen LogP contribution in [0.2, 0.25) is 0 Å². The Kier molecular flexibility index (Phi) is 6.13. The summed E-state index contributed by atoms with van der Waals surface area (Å²) in [5, 5.41) is 9.07. The van der Waals surface area contributed by atoms with E-state index in [0.29, 0.717) is 54.3 Å². The molecule has 2 saturated heterocycles. The minimum atomic E-state index is -0.257. The maximum Gasteiger partial charge on any atom is 0.337 e. The molecule has 8 heteroatoms. The van der Waals surface area contributed by atoms with Crippen molar-refractivity contribution in [2.75, 3.05) is 26.2 Å². The lowest BCUT2D eigenvalue weighted by atomic mass is 9.93. The second kappa shape index (κ2) is 9.24. The number of anilines is 1. The number of nitrogens with zero attached hydrogens (tertiary/aromatic N) is 3. The summed E-state index contributed by atoms with van der Waals surface area (Å²) in [5.41, 5.74) is 4.70. The van der Waals surface area contributed by atoms with Gasteiger partial charge in [-0.05, 0) is 56.0 Å². The van der Waals surface area contributed by atoms with Crippen molar-refractivity contribution >= 4 is 23.2 Å². The Bertz CT molecular complexity index is 1160. The first-order chi connectivity index (χ1) is 16.9. The zero-order chi connectivity index (χ0) is 24.7. The summed E-state index contributed by atoms with van der Waals surface area (Å²) in [7, 11) is 4.85. The monoisotopic (exact) mass is 476 g/mol. The summed E-state index contributed by atoms with van der Waals surface area (Å²) in [4.78, 5) is 27.2. The number of ether oxygens (including phenoxy) is 2. The van der Waals surface area contributed by atoms with Crippen molar-refractivity contribution in [2.45, 2.75) is 57.2 Å². The molecule has 35 heavy (non-hydrogen) atoms. The average Bonchev–Trinajstić information content (AvgIpc) is 3.05. The van der Waals surface area contributed by atoms with Gasteiger partial charge in [-0.1, -0.05) is 12.1 Å². The van der Waals surface area contributed by atoms with E-state index in [9.17, 15) is 9.59 Å². The van der Waals surface area contributed by atoms with Gasteiger partial charge >= 0.3 is 6.03 Å². The Morgan fingerprint density at radius 1 is 1.00 bits per heavy atom. The molecule has 3 heterocycles. The lowest BCUT2D eigenvalue weighted by Gasteiger charge is -2.36. The first kappa shape index (κ1) is 23.2. The van der Waals surface area contributed by atoms with E-state index in [1.54, 1.807) is 21.3 Å². The number of rotatable bonds is 4. The fourth-order valence-corrected chi connectivity index (χ4v) is 5.73. The molecule has 1 N–H and O–H groups in total. The molecule has 2 aromatic rings. The van der Waals surface area contributed by atoms with E-state index in [1.165, 1.54) is 5.01 Å². The van der Waals surface area contributed by atoms with E-state index in [-0.39, 0.29) is 12.1 Å². The number of carbonyl (C=O) groups is 2. The molecule has 2 unspecified atom stereocenters. The third-order valence-electron chi connectivity index (χ3n) is 7.41. The predicted octanol–water partition coefficient (Wildman–Crippen LogP) is 3.74. The van der Waals surface area contributed by atoms with Crippen LogP contribution in [0.3, 0.4) is 0 Å². The number of Topliss-reactive ketones (excluding diaryl/α,β-unsaturated/α-hetero) is 1. The number of ketones is 1. The van der Waals surface area contributed by atoms with E-state index >= 15 is 0 Å². The molecule has 3 aliphatic heterocycles. The van der Waals surface area contributed by atoms with Gasteiger partial charge in [0, 0.05) is 48.8 Å². The van der Waals surface area contributed by atoms with Crippen LogP contribution < -0.4 is 19.7 Å². The normalized spacial score (nSPS) is 23.4. The van der Waals surface area contributed by atoms with Crippen LogP contribution in [0.5, 0.6) is 11.5 Å². The van der Waals surface area contributed by atoms with Crippen molar-refractivity contribution in [2.24, 2.45) is 5.10 Å². The molecule has 0 aromatic heterocycles. The summed E-state index contributed by atoms with van der Waals surface area (Å²) in [6, 6.07) is 12.4. The number of urea groups is 1. The summed E-state index contributed by atoms with van der Waals surface area (Å²) < 4.78 is 11.1. The Balaban J connectivity index is 1.57. The van der Waals surface area contributed by atoms with Crippen molar-refractivity contribution in [1.82, 2.24) is 10.3 Å². The van der Waals surface area contributed by atoms with E-state index < -0.39 is 0 Å². The predicted molar refractivity (Wildman–Crippen MR) is 135 cm³/mol. The van der Waals surface area contributed by atoms with Gasteiger partial charge in [0.15, 0.2) is 11.5 Å². The topological polar surface area (TPSA) is 83.5 Å². The van der Waals surface area contributed by atoms with Gasteiger partial charge < -0.3 is 19.7 Å². The highest BCUT2D eigenvalue weighted by Gasteiger charge is 2.40. The van der Waals surface area contributed by atoms with Crippen molar-refractivity contribution in [3.63, 3.8) is 0 Å². The molecule has 0 saturated carbocycles. The number of hydrazone groups is 1. The number of carbonyl (C=O) groups excluding carboxylic acids is 2. The number of methoxy groups -OCH3 is 2. The van der Waals surface area contributed by atoms with Gasteiger partial charge in [0.05, 0.1) is 26.0 Å². The first-order valence-corrected chi connectivity index (χ1v) is 12.2. The van der Waals surface area contributed by atoms with Crippen LogP contribution in [0.25, 0.3) is 0 Å². The number of hydrogen-bond donors (Lipinski definition) is 1. The van der Waals surface area contributed by atoms with Crippen LogP contribution in [0.1, 0.15) is 49.3 Å². The fourth-order valence-electron chi connectivity index (χ4n) is 5.73. The number of hydrogen-bond acceptors (Lipinski definition) is 6. The van der Waals surface area contributed by atoms with Crippen molar-refractivity contribution < 1.29 is 19.1 Å². The highest BCUT2D eigenvalue weighted by Crippen LogP contribution is 2.39. The van der Waals surface area contributed by atoms with Crippen molar-refractivity contribution in [1.29, 1.82) is 0 Å². The Labute approximate surface area is 205 Å². The minimum Gasteiger partial charge on any atom is -0.493 e. The number of nitrogens with one attached hydrogen (secondary N) is 1. The molecule has 2 bridgehead atoms. The maximum atomic E-state index is 12.7. The van der Waals surface area contributed by atoms with E-state index in [4.69, 9.17) is 14.6 Å². The molecule has 2 amide bonds. The van der Waals surface area contributed by atoms with Crippen molar-refractivity contribution in [3.05, 3.63) is 53.1 Å². The Morgan fingerprint density at radius 2 is 1.63 bits per heavy atom. The van der Waals surface area contributed by atoms with Crippen molar-refractivity contribution in [3.8, 4) is 11.5 Å². The van der Waals surface area contributed by atoms with Gasteiger partial charge in [0.1, 0.15) is 5.78 Å². The summed E-state index contributed by atoms with van der Waals surface area (Å²) in [6.45, 7) is 1.98. The molecule has 5 rings (SSSR count). The van der Waals surface area contributed by atoms with Crippen LogP contribution in [0.4, 0.5) is 10.5 Å². The smallest absolute Gasteiger partial charge is 0.337 e. The van der Waals surface area contributed by atoms with E-state index in [1.807, 2.05) is 19.1 Å². The fraction of sp³-hybridized carbons (Fsp3) is 0.444. The van der Waals surface area contributed by atoms with Gasteiger partial charge in [-0.25, -0.2) is 9.80 Å². The molecular formula is C27H32N4O4. The minimum absolute atomic E-state index is 0.148.